The van der Waals surface area contributed by atoms with Gasteiger partial charge in [-0.05, 0) is 42.8 Å². The quantitative estimate of drug-likeness (QED) is 0.581. The van der Waals surface area contributed by atoms with Gasteiger partial charge in [-0.25, -0.2) is 4.68 Å². The van der Waals surface area contributed by atoms with Crippen molar-refractivity contribution in [2.75, 3.05) is 31.2 Å². The largest absolute Gasteiger partial charge is 0.416 e. The lowest BCUT2D eigenvalue weighted by Crippen LogP contribution is -2.36. The number of morpholine rings is 1. The molecule has 1 fully saturated rings. The molecule has 1 aromatic heterocycles. The molecule has 2 heterocycles. The zero-order valence-electron chi connectivity index (χ0n) is 17.8. The van der Waals surface area contributed by atoms with E-state index in [-0.39, 0.29) is 17.7 Å². The molecule has 10 heteroatoms. The molecule has 1 amide bonds. The van der Waals surface area contributed by atoms with Gasteiger partial charge in [0.25, 0.3) is 5.91 Å². The first-order chi connectivity index (χ1) is 15.7. The molecule has 1 saturated heterocycles. The number of amides is 1. The third-order valence-corrected chi connectivity index (χ3v) is 5.76. The number of ether oxygens (including phenoxy) is 1. The summed E-state index contributed by atoms with van der Waals surface area (Å²) >= 11 is 6.02. The number of nitrogens with one attached hydrogen (secondary N) is 1. The van der Waals surface area contributed by atoms with E-state index >= 15 is 0 Å². The topological polar surface area (TPSA) is 59.4 Å². The van der Waals surface area contributed by atoms with Crippen LogP contribution in [-0.4, -0.2) is 42.0 Å². The Morgan fingerprint density at radius 1 is 1.15 bits per heavy atom. The molecule has 0 unspecified atom stereocenters. The molecule has 0 bridgehead atoms. The second kappa shape index (κ2) is 9.44. The van der Waals surface area contributed by atoms with Crippen molar-refractivity contribution < 1.29 is 22.7 Å². The summed E-state index contributed by atoms with van der Waals surface area (Å²) in [6, 6.07) is 11.2. The molecule has 1 aliphatic heterocycles. The molecule has 1 aliphatic rings. The summed E-state index contributed by atoms with van der Waals surface area (Å²) in [5.74, 6) is -0.508. The van der Waals surface area contributed by atoms with Gasteiger partial charge in [0.15, 0.2) is 0 Å². The fourth-order valence-electron chi connectivity index (χ4n) is 3.77. The van der Waals surface area contributed by atoms with E-state index in [1.165, 1.54) is 12.3 Å². The number of halogens is 4. The average molecular weight is 479 g/mol. The van der Waals surface area contributed by atoms with E-state index in [9.17, 15) is 18.0 Å². The monoisotopic (exact) mass is 478 g/mol. The molecule has 0 radical (unpaired) electrons. The van der Waals surface area contributed by atoms with E-state index in [0.29, 0.717) is 48.4 Å². The molecule has 4 rings (SSSR count). The van der Waals surface area contributed by atoms with Crippen LogP contribution in [0.15, 0.2) is 48.7 Å². The molecule has 3 aromatic rings. The van der Waals surface area contributed by atoms with E-state index in [1.807, 2.05) is 4.90 Å². The lowest BCUT2D eigenvalue weighted by atomic mass is 10.0. The van der Waals surface area contributed by atoms with Crippen LogP contribution in [0.3, 0.4) is 0 Å². The van der Waals surface area contributed by atoms with E-state index < -0.39 is 17.6 Å². The molecule has 0 atom stereocenters. The summed E-state index contributed by atoms with van der Waals surface area (Å²) in [6.45, 7) is 3.45. The van der Waals surface area contributed by atoms with Crippen LogP contribution in [0, 0.1) is 6.92 Å². The Kier molecular flexibility index (Phi) is 6.62. The maximum atomic E-state index is 13.8. The molecule has 174 valence electrons. The lowest BCUT2D eigenvalue weighted by Gasteiger charge is -2.29. The number of nitrogens with zero attached hydrogens (tertiary/aromatic N) is 3. The first-order valence-electron chi connectivity index (χ1n) is 10.4. The van der Waals surface area contributed by atoms with Crippen LogP contribution in [0.4, 0.5) is 18.9 Å². The highest BCUT2D eigenvalue weighted by Gasteiger charge is 2.34. The van der Waals surface area contributed by atoms with Crippen molar-refractivity contribution in [3.05, 3.63) is 76.1 Å². The second-order valence-corrected chi connectivity index (χ2v) is 8.09. The fraction of sp³-hybridized carbons (Fsp3) is 0.304. The molecule has 0 spiro atoms. The predicted molar refractivity (Wildman–Crippen MR) is 119 cm³/mol. The normalized spacial score (nSPS) is 14.4. The van der Waals surface area contributed by atoms with Crippen molar-refractivity contribution in [1.82, 2.24) is 15.1 Å². The summed E-state index contributed by atoms with van der Waals surface area (Å²) in [5.41, 5.74) is 1.21. The zero-order valence-corrected chi connectivity index (χ0v) is 18.6. The van der Waals surface area contributed by atoms with Gasteiger partial charge < -0.3 is 15.0 Å². The Morgan fingerprint density at radius 3 is 2.61 bits per heavy atom. The van der Waals surface area contributed by atoms with Gasteiger partial charge in [-0.1, -0.05) is 23.7 Å². The molecule has 0 saturated carbocycles. The van der Waals surface area contributed by atoms with Crippen LogP contribution in [0.2, 0.25) is 5.02 Å². The van der Waals surface area contributed by atoms with E-state index in [2.05, 4.69) is 10.4 Å². The standard InChI is InChI=1S/C23H22ClF3N4O2/c1-15-20(14-29-31(15)19-4-2-3-17(24)11-19)22(32)28-13-16-5-6-18(12-21(16)23(25,26)27)30-7-9-33-10-8-30/h2-6,11-12,14H,7-10,13H2,1H3,(H,28,32). The molecule has 2 aromatic carbocycles. The third-order valence-electron chi connectivity index (χ3n) is 5.52. The number of carbonyl (C=O) groups excluding carboxylic acids is 1. The number of aromatic nitrogens is 2. The first-order valence-corrected chi connectivity index (χ1v) is 10.7. The first kappa shape index (κ1) is 23.1. The minimum atomic E-state index is -4.55. The number of hydrogen-bond acceptors (Lipinski definition) is 4. The van der Waals surface area contributed by atoms with E-state index in [1.54, 1.807) is 41.9 Å². The van der Waals surface area contributed by atoms with Gasteiger partial charge in [0, 0.05) is 30.3 Å². The minimum Gasteiger partial charge on any atom is -0.378 e. The van der Waals surface area contributed by atoms with E-state index in [0.717, 1.165) is 6.07 Å². The minimum absolute atomic E-state index is 0.00672. The maximum absolute atomic E-state index is 13.8. The predicted octanol–water partition coefficient (Wildman–Crippen LogP) is 4.62. The van der Waals surface area contributed by atoms with Gasteiger partial charge in [-0.15, -0.1) is 0 Å². The van der Waals surface area contributed by atoms with Crippen LogP contribution in [0.25, 0.3) is 5.69 Å². The van der Waals surface area contributed by atoms with Crippen LogP contribution in [0.1, 0.15) is 27.2 Å². The smallest absolute Gasteiger partial charge is 0.378 e. The Balaban J connectivity index is 1.52. The maximum Gasteiger partial charge on any atom is 0.416 e. The van der Waals surface area contributed by atoms with Gasteiger partial charge >= 0.3 is 6.18 Å². The summed E-state index contributed by atoms with van der Waals surface area (Å²) in [7, 11) is 0. The van der Waals surface area contributed by atoms with Crippen LogP contribution in [0.5, 0.6) is 0 Å². The highest BCUT2D eigenvalue weighted by Crippen LogP contribution is 2.35. The molecular weight excluding hydrogens is 457 g/mol. The van der Waals surface area contributed by atoms with Crippen molar-refractivity contribution in [3.63, 3.8) is 0 Å². The summed E-state index contributed by atoms with van der Waals surface area (Å²) in [4.78, 5) is 14.6. The molecule has 6 nitrogen and oxygen atoms in total. The summed E-state index contributed by atoms with van der Waals surface area (Å²) in [5, 5.41) is 7.34. The van der Waals surface area contributed by atoms with Crippen LogP contribution < -0.4 is 10.2 Å². The van der Waals surface area contributed by atoms with Crippen LogP contribution >= 0.6 is 11.6 Å². The van der Waals surface area contributed by atoms with Crippen molar-refractivity contribution in [1.29, 1.82) is 0 Å². The number of benzene rings is 2. The fourth-order valence-corrected chi connectivity index (χ4v) is 3.96. The van der Waals surface area contributed by atoms with Gasteiger partial charge in [0.2, 0.25) is 0 Å². The second-order valence-electron chi connectivity index (χ2n) is 7.66. The van der Waals surface area contributed by atoms with Gasteiger partial charge in [-0.2, -0.15) is 18.3 Å². The Bertz CT molecular complexity index is 1160. The average Bonchev–Trinajstić information content (AvgIpc) is 3.18. The Morgan fingerprint density at radius 2 is 1.91 bits per heavy atom. The highest BCUT2D eigenvalue weighted by molar-refractivity contribution is 6.30. The number of anilines is 1. The molecular formula is C23H22ClF3N4O2. The van der Waals surface area contributed by atoms with Gasteiger partial charge in [0.1, 0.15) is 0 Å². The summed E-state index contributed by atoms with van der Waals surface area (Å²) in [6.07, 6.45) is -3.16. The highest BCUT2D eigenvalue weighted by atomic mass is 35.5. The number of rotatable bonds is 5. The molecule has 0 aliphatic carbocycles. The van der Waals surface area contributed by atoms with Gasteiger partial charge in [0.05, 0.1) is 41.9 Å². The summed E-state index contributed by atoms with van der Waals surface area (Å²) < 4.78 is 48.1. The van der Waals surface area contributed by atoms with E-state index in [4.69, 9.17) is 16.3 Å². The zero-order chi connectivity index (χ0) is 23.6. The molecule has 33 heavy (non-hydrogen) atoms. The van der Waals surface area contributed by atoms with Gasteiger partial charge in [-0.3, -0.25) is 4.79 Å². The molecule has 1 N–H and O–H groups in total. The number of carbonyl (C=O) groups is 1. The number of alkyl halides is 3. The Labute approximate surface area is 193 Å². The van der Waals surface area contributed by atoms with Crippen molar-refractivity contribution in [3.8, 4) is 5.69 Å². The Hall–Kier alpha value is -3.04. The van der Waals surface area contributed by atoms with Crippen molar-refractivity contribution in [2.45, 2.75) is 19.6 Å². The third kappa shape index (κ3) is 5.15. The SMILES string of the molecule is Cc1c(C(=O)NCc2ccc(N3CCOCC3)cc2C(F)(F)F)cnn1-c1cccc(Cl)c1. The van der Waals surface area contributed by atoms with Crippen molar-refractivity contribution in [2.24, 2.45) is 0 Å². The van der Waals surface area contributed by atoms with Crippen molar-refractivity contribution >= 4 is 23.2 Å². The lowest BCUT2D eigenvalue weighted by molar-refractivity contribution is -0.138. The van der Waals surface area contributed by atoms with Crippen LogP contribution in [-0.2, 0) is 17.5 Å². The number of hydrogen-bond donors (Lipinski definition) is 1.